The molecule has 9 heteroatoms. The van der Waals surface area contributed by atoms with Crippen LogP contribution in [-0.4, -0.2) is 25.5 Å². The fraction of sp³-hybridized carbons (Fsp3) is 0.174. The Kier molecular flexibility index (Phi) is 6.48. The van der Waals surface area contributed by atoms with E-state index in [1.807, 2.05) is 50.2 Å². The molecule has 0 spiro atoms. The van der Waals surface area contributed by atoms with Crippen molar-refractivity contribution in [2.45, 2.75) is 27.1 Å². The highest BCUT2D eigenvalue weighted by atomic mass is 35.5. The number of aryl methyl sites for hydroxylation is 2. The summed E-state index contributed by atoms with van der Waals surface area (Å²) in [6.07, 6.45) is 5.03. The van der Waals surface area contributed by atoms with Crippen LogP contribution in [0.15, 0.2) is 61.1 Å². The third-order valence-electron chi connectivity index (χ3n) is 4.77. The highest BCUT2D eigenvalue weighted by Gasteiger charge is 2.12. The number of ether oxygens (including phenoxy) is 1. The standard InChI is InChI=1S/C23H21Cl2N5O2/c1-15-8-20(9-16(2)22(15)25)32-14-29-7-6-21(28-29)23(31)27-19-11-26-30(13-19)12-17-4-3-5-18(24)10-17/h3-11,13H,12,14H2,1-2H3,(H,27,31). The van der Waals surface area contributed by atoms with Crippen LogP contribution in [0.5, 0.6) is 5.75 Å². The molecule has 0 radical (unpaired) electrons. The Morgan fingerprint density at radius 3 is 2.62 bits per heavy atom. The van der Waals surface area contributed by atoms with Crippen LogP contribution in [0.4, 0.5) is 5.69 Å². The zero-order valence-corrected chi connectivity index (χ0v) is 19.1. The quantitative estimate of drug-likeness (QED) is 0.396. The summed E-state index contributed by atoms with van der Waals surface area (Å²) in [7, 11) is 0. The predicted octanol–water partition coefficient (Wildman–Crippen LogP) is 5.34. The first-order valence-corrected chi connectivity index (χ1v) is 10.6. The zero-order chi connectivity index (χ0) is 22.7. The summed E-state index contributed by atoms with van der Waals surface area (Å²) in [5, 5.41) is 12.8. The maximum atomic E-state index is 12.5. The Morgan fingerprint density at radius 2 is 1.88 bits per heavy atom. The van der Waals surface area contributed by atoms with Gasteiger partial charge in [0.05, 0.1) is 18.4 Å². The number of hydrogen-bond acceptors (Lipinski definition) is 4. The molecule has 32 heavy (non-hydrogen) atoms. The first kappa shape index (κ1) is 21.9. The van der Waals surface area contributed by atoms with Gasteiger partial charge in [-0.1, -0.05) is 35.3 Å². The molecule has 2 aromatic carbocycles. The van der Waals surface area contributed by atoms with Crippen molar-refractivity contribution in [3.05, 3.63) is 93.5 Å². The van der Waals surface area contributed by atoms with E-state index in [2.05, 4.69) is 15.5 Å². The Morgan fingerprint density at radius 1 is 1.09 bits per heavy atom. The van der Waals surface area contributed by atoms with E-state index in [4.69, 9.17) is 27.9 Å². The summed E-state index contributed by atoms with van der Waals surface area (Å²) in [5.41, 5.74) is 3.76. The molecule has 7 nitrogen and oxygen atoms in total. The van der Waals surface area contributed by atoms with E-state index in [1.54, 1.807) is 34.0 Å². The van der Waals surface area contributed by atoms with Crippen molar-refractivity contribution in [3.63, 3.8) is 0 Å². The zero-order valence-electron chi connectivity index (χ0n) is 17.5. The molecule has 0 fully saturated rings. The van der Waals surface area contributed by atoms with Crippen LogP contribution >= 0.6 is 23.2 Å². The molecule has 0 atom stereocenters. The number of rotatable bonds is 7. The molecule has 0 saturated heterocycles. The topological polar surface area (TPSA) is 74.0 Å². The number of carbonyl (C=O) groups excluding carboxylic acids is 1. The van der Waals surface area contributed by atoms with Crippen LogP contribution in [0.2, 0.25) is 10.0 Å². The monoisotopic (exact) mass is 469 g/mol. The molecule has 0 unspecified atom stereocenters. The van der Waals surface area contributed by atoms with Crippen LogP contribution in [0.25, 0.3) is 0 Å². The van der Waals surface area contributed by atoms with Gasteiger partial charge in [0, 0.05) is 22.4 Å². The lowest BCUT2D eigenvalue weighted by Crippen LogP contribution is -2.14. The summed E-state index contributed by atoms with van der Waals surface area (Å²) in [5.74, 6) is 0.363. The number of aromatic nitrogens is 4. The molecule has 0 aliphatic heterocycles. The van der Waals surface area contributed by atoms with Gasteiger partial charge >= 0.3 is 0 Å². The molecule has 0 aliphatic rings. The fourth-order valence-electron chi connectivity index (χ4n) is 3.22. The van der Waals surface area contributed by atoms with Gasteiger partial charge in [-0.3, -0.25) is 9.48 Å². The smallest absolute Gasteiger partial charge is 0.276 e. The number of halogens is 2. The molecule has 0 bridgehead atoms. The maximum Gasteiger partial charge on any atom is 0.276 e. The van der Waals surface area contributed by atoms with Crippen molar-refractivity contribution < 1.29 is 9.53 Å². The fourth-order valence-corrected chi connectivity index (χ4v) is 3.54. The lowest BCUT2D eigenvalue weighted by Gasteiger charge is -2.10. The van der Waals surface area contributed by atoms with Crippen LogP contribution in [-0.2, 0) is 13.3 Å². The second-order valence-corrected chi connectivity index (χ2v) is 8.21. The lowest BCUT2D eigenvalue weighted by atomic mass is 10.1. The summed E-state index contributed by atoms with van der Waals surface area (Å²) in [6.45, 7) is 4.57. The van der Waals surface area contributed by atoms with Gasteiger partial charge in [-0.15, -0.1) is 0 Å². The van der Waals surface area contributed by atoms with Crippen LogP contribution in [0.1, 0.15) is 27.2 Å². The molecular formula is C23H21Cl2N5O2. The van der Waals surface area contributed by atoms with Crippen molar-refractivity contribution in [2.24, 2.45) is 0 Å². The third-order valence-corrected chi connectivity index (χ3v) is 5.60. The number of anilines is 1. The van der Waals surface area contributed by atoms with Crippen molar-refractivity contribution >= 4 is 34.8 Å². The third kappa shape index (κ3) is 5.30. The molecule has 0 saturated carbocycles. The summed E-state index contributed by atoms with van der Waals surface area (Å²) < 4.78 is 9.05. The van der Waals surface area contributed by atoms with Gasteiger partial charge in [0.2, 0.25) is 0 Å². The molecule has 1 amide bonds. The van der Waals surface area contributed by atoms with E-state index in [9.17, 15) is 4.79 Å². The van der Waals surface area contributed by atoms with Crippen molar-refractivity contribution in [2.75, 3.05) is 5.32 Å². The summed E-state index contributed by atoms with van der Waals surface area (Å²) in [6, 6.07) is 12.9. The van der Waals surface area contributed by atoms with Crippen molar-refractivity contribution in [1.82, 2.24) is 19.6 Å². The normalized spacial score (nSPS) is 10.9. The first-order chi connectivity index (χ1) is 15.4. The Balaban J connectivity index is 1.34. The van der Waals surface area contributed by atoms with Crippen LogP contribution in [0, 0.1) is 13.8 Å². The van der Waals surface area contributed by atoms with E-state index in [0.29, 0.717) is 23.0 Å². The highest BCUT2D eigenvalue weighted by Crippen LogP contribution is 2.26. The largest absolute Gasteiger partial charge is 0.471 e. The molecule has 1 N–H and O–H groups in total. The maximum absolute atomic E-state index is 12.5. The van der Waals surface area contributed by atoms with Gasteiger partial charge in [-0.25, -0.2) is 4.68 Å². The van der Waals surface area contributed by atoms with Gasteiger partial charge in [0.25, 0.3) is 5.91 Å². The van der Waals surface area contributed by atoms with Crippen LogP contribution in [0.3, 0.4) is 0 Å². The van der Waals surface area contributed by atoms with E-state index in [0.717, 1.165) is 21.7 Å². The molecule has 2 aromatic heterocycles. The molecule has 4 rings (SSSR count). The molecule has 4 aromatic rings. The summed E-state index contributed by atoms with van der Waals surface area (Å²) >= 11 is 12.2. The number of amides is 1. The van der Waals surface area contributed by atoms with E-state index in [-0.39, 0.29) is 18.3 Å². The molecular weight excluding hydrogens is 449 g/mol. The van der Waals surface area contributed by atoms with Gasteiger partial charge in [0.15, 0.2) is 12.4 Å². The average Bonchev–Trinajstić information content (AvgIpc) is 3.40. The van der Waals surface area contributed by atoms with Crippen molar-refractivity contribution in [1.29, 1.82) is 0 Å². The van der Waals surface area contributed by atoms with E-state index < -0.39 is 0 Å². The number of carbonyl (C=O) groups is 1. The van der Waals surface area contributed by atoms with Gasteiger partial charge in [-0.2, -0.15) is 10.2 Å². The van der Waals surface area contributed by atoms with Crippen LogP contribution < -0.4 is 10.1 Å². The average molecular weight is 470 g/mol. The van der Waals surface area contributed by atoms with Gasteiger partial charge < -0.3 is 10.1 Å². The van der Waals surface area contributed by atoms with Gasteiger partial charge in [-0.05, 0) is 60.9 Å². The lowest BCUT2D eigenvalue weighted by molar-refractivity contribution is 0.102. The van der Waals surface area contributed by atoms with E-state index in [1.165, 1.54) is 0 Å². The van der Waals surface area contributed by atoms with E-state index >= 15 is 0 Å². The first-order valence-electron chi connectivity index (χ1n) is 9.88. The number of nitrogens with zero attached hydrogens (tertiary/aromatic N) is 4. The Labute approximate surface area is 195 Å². The molecule has 2 heterocycles. The van der Waals surface area contributed by atoms with Crippen molar-refractivity contribution in [3.8, 4) is 5.75 Å². The van der Waals surface area contributed by atoms with Gasteiger partial charge in [0.1, 0.15) is 5.75 Å². The number of benzene rings is 2. The Bertz CT molecular complexity index is 1240. The number of nitrogens with one attached hydrogen (secondary N) is 1. The SMILES string of the molecule is Cc1cc(OCn2ccc(C(=O)Nc3cnn(Cc4cccc(Cl)c4)c3)n2)cc(C)c1Cl. The minimum Gasteiger partial charge on any atom is -0.471 e. The number of hydrogen-bond donors (Lipinski definition) is 1. The second-order valence-electron chi connectivity index (χ2n) is 7.40. The second kappa shape index (κ2) is 9.46. The predicted molar refractivity (Wildman–Crippen MR) is 125 cm³/mol. The molecule has 164 valence electrons. The summed E-state index contributed by atoms with van der Waals surface area (Å²) in [4.78, 5) is 12.5. The Hall–Kier alpha value is -3.29. The minimum atomic E-state index is -0.329. The highest BCUT2D eigenvalue weighted by molar-refractivity contribution is 6.32. The minimum absolute atomic E-state index is 0.172. The molecule has 0 aliphatic carbocycles.